The summed E-state index contributed by atoms with van der Waals surface area (Å²) >= 11 is 0. The van der Waals surface area contributed by atoms with E-state index in [1.54, 1.807) is 4.90 Å². The van der Waals surface area contributed by atoms with Crippen LogP contribution in [-0.4, -0.2) is 34.8 Å². The monoisotopic (exact) mass is 222 g/mol. The fourth-order valence-corrected chi connectivity index (χ4v) is 1.44. The zero-order valence-electron chi connectivity index (χ0n) is 9.02. The largest absolute Gasteiger partial charge is 0.351 e. The molecule has 0 spiro atoms. The lowest BCUT2D eigenvalue weighted by molar-refractivity contribution is -0.120. The van der Waals surface area contributed by atoms with E-state index in [9.17, 15) is 9.59 Å². The van der Waals surface area contributed by atoms with Crippen LogP contribution in [0.15, 0.2) is 29.9 Å². The summed E-state index contributed by atoms with van der Waals surface area (Å²) in [7, 11) is 0. The average molecular weight is 222 g/mol. The van der Waals surface area contributed by atoms with Crippen molar-refractivity contribution < 1.29 is 14.1 Å². The van der Waals surface area contributed by atoms with E-state index in [1.807, 2.05) is 0 Å². The van der Waals surface area contributed by atoms with E-state index in [1.165, 1.54) is 12.3 Å². The number of carbonyl (C=O) groups excluding carboxylic acids is 2. The van der Waals surface area contributed by atoms with Crippen LogP contribution in [0.2, 0.25) is 0 Å². The van der Waals surface area contributed by atoms with E-state index in [-0.39, 0.29) is 17.5 Å². The van der Waals surface area contributed by atoms with Crippen LogP contribution in [0.4, 0.5) is 0 Å². The third-order valence-electron chi connectivity index (χ3n) is 2.26. The summed E-state index contributed by atoms with van der Waals surface area (Å²) in [6.45, 7) is 6.97. The van der Waals surface area contributed by atoms with Gasteiger partial charge in [0.05, 0.1) is 6.20 Å². The van der Waals surface area contributed by atoms with Crippen LogP contribution in [-0.2, 0) is 4.79 Å². The average Bonchev–Trinajstić information content (AvgIpc) is 2.85. The molecule has 0 atom stereocenters. The molecule has 86 valence electrons. The SMILES string of the molecule is C=C.O=C1CCN(C(=O)c2ccno2)CC1. The number of piperidine rings is 1. The number of nitrogens with zero attached hydrogens (tertiary/aromatic N) is 2. The minimum absolute atomic E-state index is 0.185. The molecule has 0 bridgehead atoms. The Labute approximate surface area is 93.7 Å². The summed E-state index contributed by atoms with van der Waals surface area (Å²) in [6, 6.07) is 1.53. The Hall–Kier alpha value is -1.91. The van der Waals surface area contributed by atoms with Gasteiger partial charge in [0.2, 0.25) is 5.76 Å². The van der Waals surface area contributed by atoms with Crippen LogP contribution in [0.25, 0.3) is 0 Å². The first kappa shape index (κ1) is 12.2. The number of ketones is 1. The molecule has 0 N–H and O–H groups in total. The second-order valence-corrected chi connectivity index (χ2v) is 3.21. The molecule has 16 heavy (non-hydrogen) atoms. The van der Waals surface area contributed by atoms with Gasteiger partial charge < -0.3 is 9.42 Å². The maximum atomic E-state index is 11.6. The molecule has 1 fully saturated rings. The summed E-state index contributed by atoms with van der Waals surface area (Å²) in [6.07, 6.45) is 2.32. The van der Waals surface area contributed by atoms with E-state index in [2.05, 4.69) is 18.3 Å². The quantitative estimate of drug-likeness (QED) is 0.671. The molecule has 0 saturated carbocycles. The predicted molar refractivity (Wildman–Crippen MR) is 57.9 cm³/mol. The molecule has 1 amide bonds. The Morgan fingerprint density at radius 2 is 2.00 bits per heavy atom. The molecule has 1 aliphatic heterocycles. The van der Waals surface area contributed by atoms with Gasteiger partial charge in [-0.3, -0.25) is 9.59 Å². The molecule has 2 rings (SSSR count). The molecule has 1 aromatic heterocycles. The molecular formula is C11H14N2O3. The number of Topliss-reactive ketones (excluding diaryl/α,β-unsaturated/α-hetero) is 1. The van der Waals surface area contributed by atoms with Gasteiger partial charge in [0.15, 0.2) is 0 Å². The van der Waals surface area contributed by atoms with Gasteiger partial charge in [-0.2, -0.15) is 0 Å². The molecule has 2 heterocycles. The van der Waals surface area contributed by atoms with Gasteiger partial charge in [-0.05, 0) is 0 Å². The van der Waals surface area contributed by atoms with Crippen molar-refractivity contribution in [3.05, 3.63) is 31.2 Å². The molecule has 1 saturated heterocycles. The standard InChI is InChI=1S/C9H10N2O3.C2H4/c12-7-2-5-11(6-3-7)9(13)8-1-4-10-14-8;1-2/h1,4H,2-3,5-6H2;1-2H2. The zero-order valence-corrected chi connectivity index (χ0v) is 9.02. The van der Waals surface area contributed by atoms with Crippen molar-refractivity contribution in [2.75, 3.05) is 13.1 Å². The summed E-state index contributed by atoms with van der Waals surface area (Å²) < 4.78 is 4.75. The van der Waals surface area contributed by atoms with Crippen molar-refractivity contribution in [3.63, 3.8) is 0 Å². The number of carbonyl (C=O) groups is 2. The molecule has 5 nitrogen and oxygen atoms in total. The Bertz CT molecular complexity index is 349. The zero-order chi connectivity index (χ0) is 12.0. The number of rotatable bonds is 1. The first-order valence-corrected chi connectivity index (χ1v) is 4.99. The first-order valence-electron chi connectivity index (χ1n) is 4.99. The molecular weight excluding hydrogens is 208 g/mol. The fourth-order valence-electron chi connectivity index (χ4n) is 1.44. The van der Waals surface area contributed by atoms with E-state index < -0.39 is 0 Å². The molecule has 0 aliphatic carbocycles. The molecule has 0 aromatic carbocycles. The van der Waals surface area contributed by atoms with Gasteiger partial charge >= 0.3 is 0 Å². The molecule has 0 radical (unpaired) electrons. The lowest BCUT2D eigenvalue weighted by Gasteiger charge is -2.24. The van der Waals surface area contributed by atoms with Gasteiger partial charge in [0.1, 0.15) is 5.78 Å². The van der Waals surface area contributed by atoms with E-state index in [0.29, 0.717) is 25.9 Å². The minimum Gasteiger partial charge on any atom is -0.351 e. The Kier molecular flexibility index (Phi) is 4.44. The summed E-state index contributed by atoms with van der Waals surface area (Å²) in [4.78, 5) is 24.2. The normalized spacial score (nSPS) is 15.2. The molecule has 0 unspecified atom stereocenters. The van der Waals surface area contributed by atoms with Gasteiger partial charge in [0.25, 0.3) is 5.91 Å². The Morgan fingerprint density at radius 1 is 1.38 bits per heavy atom. The van der Waals surface area contributed by atoms with Crippen LogP contribution < -0.4 is 0 Å². The van der Waals surface area contributed by atoms with Gasteiger partial charge in [-0.25, -0.2) is 0 Å². The van der Waals surface area contributed by atoms with Gasteiger partial charge in [-0.1, -0.05) is 5.16 Å². The Balaban J connectivity index is 0.000000606. The lowest BCUT2D eigenvalue weighted by atomic mass is 10.1. The maximum absolute atomic E-state index is 11.6. The van der Waals surface area contributed by atoms with E-state index in [0.717, 1.165) is 0 Å². The predicted octanol–water partition coefficient (Wildman–Crippen LogP) is 1.28. The fraction of sp³-hybridized carbons (Fsp3) is 0.364. The van der Waals surface area contributed by atoms with E-state index in [4.69, 9.17) is 4.52 Å². The highest BCUT2D eigenvalue weighted by atomic mass is 16.5. The van der Waals surface area contributed by atoms with Crippen molar-refractivity contribution in [1.82, 2.24) is 10.1 Å². The third kappa shape index (κ3) is 2.79. The highest BCUT2D eigenvalue weighted by Gasteiger charge is 2.23. The van der Waals surface area contributed by atoms with Crippen LogP contribution in [0.1, 0.15) is 23.4 Å². The molecule has 1 aromatic rings. The van der Waals surface area contributed by atoms with Gasteiger partial charge in [0, 0.05) is 32.0 Å². The van der Waals surface area contributed by atoms with Crippen molar-refractivity contribution in [2.45, 2.75) is 12.8 Å². The first-order chi connectivity index (χ1) is 7.77. The van der Waals surface area contributed by atoms with Crippen LogP contribution >= 0.6 is 0 Å². The smallest absolute Gasteiger partial charge is 0.292 e. The van der Waals surface area contributed by atoms with Crippen LogP contribution in [0.3, 0.4) is 0 Å². The second-order valence-electron chi connectivity index (χ2n) is 3.21. The van der Waals surface area contributed by atoms with Crippen molar-refractivity contribution in [3.8, 4) is 0 Å². The number of hydrogen-bond donors (Lipinski definition) is 0. The summed E-state index contributed by atoms with van der Waals surface area (Å²) in [5, 5.41) is 3.46. The third-order valence-corrected chi connectivity index (χ3v) is 2.26. The van der Waals surface area contributed by atoms with Gasteiger partial charge in [-0.15, -0.1) is 13.2 Å². The second kappa shape index (κ2) is 5.85. The van der Waals surface area contributed by atoms with Crippen molar-refractivity contribution >= 4 is 11.7 Å². The topological polar surface area (TPSA) is 63.4 Å². The number of likely N-dealkylation sites (tertiary alicyclic amines) is 1. The van der Waals surface area contributed by atoms with E-state index >= 15 is 0 Å². The number of amides is 1. The molecule has 1 aliphatic rings. The highest BCUT2D eigenvalue weighted by Crippen LogP contribution is 2.10. The maximum Gasteiger partial charge on any atom is 0.292 e. The number of hydrogen-bond acceptors (Lipinski definition) is 4. The Morgan fingerprint density at radius 3 is 2.50 bits per heavy atom. The summed E-state index contributed by atoms with van der Waals surface area (Å²) in [5.74, 6) is 0.265. The minimum atomic E-state index is -0.185. The van der Waals surface area contributed by atoms with Crippen molar-refractivity contribution in [2.24, 2.45) is 0 Å². The van der Waals surface area contributed by atoms with Crippen LogP contribution in [0, 0.1) is 0 Å². The summed E-state index contributed by atoms with van der Waals surface area (Å²) in [5.41, 5.74) is 0. The lowest BCUT2D eigenvalue weighted by Crippen LogP contribution is -2.38. The molecule has 5 heteroatoms. The van der Waals surface area contributed by atoms with Crippen LogP contribution in [0.5, 0.6) is 0 Å². The highest BCUT2D eigenvalue weighted by molar-refractivity contribution is 5.92. The van der Waals surface area contributed by atoms with Crippen molar-refractivity contribution in [1.29, 1.82) is 0 Å². The number of aromatic nitrogens is 1.